The number of amides is 1. The zero-order chi connectivity index (χ0) is 20.7. The number of halogens is 2. The molecule has 5 nitrogen and oxygen atoms in total. The molecule has 2 aromatic carbocycles. The third kappa shape index (κ3) is 5.77. The fourth-order valence-electron chi connectivity index (χ4n) is 3.01. The highest BCUT2D eigenvalue weighted by molar-refractivity contribution is 5.78. The second-order valence-corrected chi connectivity index (χ2v) is 6.78. The summed E-state index contributed by atoms with van der Waals surface area (Å²) in [6, 6.07) is 10.5. The first-order valence-electron chi connectivity index (χ1n) is 8.85. The fourth-order valence-corrected chi connectivity index (χ4v) is 3.01. The van der Waals surface area contributed by atoms with Crippen molar-refractivity contribution in [3.63, 3.8) is 0 Å². The largest absolute Gasteiger partial charge is 0.497 e. The summed E-state index contributed by atoms with van der Waals surface area (Å²) < 4.78 is 31.4. The van der Waals surface area contributed by atoms with Gasteiger partial charge in [-0.2, -0.15) is 0 Å². The van der Waals surface area contributed by atoms with E-state index < -0.39 is 23.1 Å². The number of methoxy groups -OCH3 is 1. The number of carboxylic acid groups (broad SMARTS) is 1. The van der Waals surface area contributed by atoms with Crippen LogP contribution in [0.25, 0.3) is 0 Å². The van der Waals surface area contributed by atoms with Crippen molar-refractivity contribution in [1.82, 2.24) is 5.32 Å². The van der Waals surface area contributed by atoms with E-state index in [0.717, 1.165) is 12.1 Å². The van der Waals surface area contributed by atoms with Crippen LogP contribution >= 0.6 is 0 Å². The quantitative estimate of drug-likeness (QED) is 0.682. The van der Waals surface area contributed by atoms with E-state index in [1.165, 1.54) is 13.2 Å². The third-order valence-electron chi connectivity index (χ3n) is 4.48. The molecule has 28 heavy (non-hydrogen) atoms. The second-order valence-electron chi connectivity index (χ2n) is 6.78. The van der Waals surface area contributed by atoms with Gasteiger partial charge in [-0.05, 0) is 55.2 Å². The van der Waals surface area contributed by atoms with Gasteiger partial charge >= 0.3 is 5.97 Å². The Hall–Kier alpha value is -2.96. The summed E-state index contributed by atoms with van der Waals surface area (Å²) in [6.45, 7) is 1.64. The van der Waals surface area contributed by atoms with Crippen LogP contribution in [0.15, 0.2) is 42.5 Å². The molecular weight excluding hydrogens is 368 g/mol. The molecule has 0 aliphatic rings. The summed E-state index contributed by atoms with van der Waals surface area (Å²) in [7, 11) is 1.50. The summed E-state index contributed by atoms with van der Waals surface area (Å²) in [5.41, 5.74) is 0.0930. The average Bonchev–Trinajstić information content (AvgIpc) is 2.64. The van der Waals surface area contributed by atoms with Gasteiger partial charge in [0, 0.05) is 6.42 Å². The lowest BCUT2D eigenvalue weighted by molar-refractivity contribution is -0.139. The van der Waals surface area contributed by atoms with Gasteiger partial charge in [-0.15, -0.1) is 0 Å². The van der Waals surface area contributed by atoms with E-state index in [-0.39, 0.29) is 18.7 Å². The summed E-state index contributed by atoms with van der Waals surface area (Å²) in [5, 5.41) is 12.1. The van der Waals surface area contributed by atoms with Gasteiger partial charge in [-0.1, -0.05) is 18.2 Å². The standard InChI is InChI=1S/C21H23F2NO4/c1-21(13-20(26)27,15-6-4-7-16(12-15)28-2)24-19(25)8-3-5-14-9-10-17(22)18(23)11-14/h4,6-7,9-12H,3,5,8,13H2,1-2H3,(H,24,25)(H,26,27). The number of benzene rings is 2. The van der Waals surface area contributed by atoms with Gasteiger partial charge in [0.05, 0.1) is 19.1 Å². The Morgan fingerprint density at radius 1 is 1.14 bits per heavy atom. The molecule has 0 heterocycles. The van der Waals surface area contributed by atoms with Crippen LogP contribution in [0.5, 0.6) is 5.75 Å². The van der Waals surface area contributed by atoms with Crippen molar-refractivity contribution >= 4 is 11.9 Å². The Morgan fingerprint density at radius 2 is 1.89 bits per heavy atom. The molecule has 0 fully saturated rings. The van der Waals surface area contributed by atoms with Gasteiger partial charge in [0.2, 0.25) is 5.91 Å². The molecule has 0 aliphatic heterocycles. The molecule has 7 heteroatoms. The Balaban J connectivity index is 2.03. The topological polar surface area (TPSA) is 75.6 Å². The molecule has 1 unspecified atom stereocenters. The van der Waals surface area contributed by atoms with Crippen LogP contribution in [0, 0.1) is 11.6 Å². The highest BCUT2D eigenvalue weighted by Crippen LogP contribution is 2.28. The average molecular weight is 391 g/mol. The molecule has 0 aromatic heterocycles. The van der Waals surface area contributed by atoms with Crippen molar-refractivity contribution in [2.75, 3.05) is 7.11 Å². The van der Waals surface area contributed by atoms with Crippen molar-refractivity contribution in [3.8, 4) is 5.75 Å². The molecule has 0 bridgehead atoms. The molecule has 2 N–H and O–H groups in total. The van der Waals surface area contributed by atoms with Crippen LogP contribution in [0.4, 0.5) is 8.78 Å². The highest BCUT2D eigenvalue weighted by atomic mass is 19.2. The number of aliphatic carboxylic acids is 1. The molecule has 0 aliphatic carbocycles. The number of carbonyl (C=O) groups excluding carboxylic acids is 1. The van der Waals surface area contributed by atoms with Gasteiger partial charge in [0.1, 0.15) is 5.75 Å². The van der Waals surface area contributed by atoms with E-state index in [4.69, 9.17) is 4.74 Å². The van der Waals surface area contributed by atoms with Crippen LogP contribution in [0.2, 0.25) is 0 Å². The highest BCUT2D eigenvalue weighted by Gasteiger charge is 2.31. The van der Waals surface area contributed by atoms with E-state index in [1.54, 1.807) is 31.2 Å². The maximum atomic E-state index is 13.2. The molecular formula is C21H23F2NO4. The lowest BCUT2D eigenvalue weighted by Gasteiger charge is -2.30. The molecule has 2 rings (SSSR count). The van der Waals surface area contributed by atoms with E-state index >= 15 is 0 Å². The molecule has 0 spiro atoms. The van der Waals surface area contributed by atoms with Gasteiger partial charge in [0.15, 0.2) is 11.6 Å². The fraction of sp³-hybridized carbons (Fsp3) is 0.333. The summed E-state index contributed by atoms with van der Waals surface area (Å²) in [5.74, 6) is -2.65. The van der Waals surface area contributed by atoms with Gasteiger partial charge in [-0.25, -0.2) is 8.78 Å². The first kappa shape index (κ1) is 21.3. The van der Waals surface area contributed by atoms with E-state index in [2.05, 4.69) is 5.32 Å². The van der Waals surface area contributed by atoms with Crippen LogP contribution in [0.1, 0.15) is 37.3 Å². The Kier molecular flexibility index (Phi) is 7.09. The Bertz CT molecular complexity index is 856. The number of rotatable bonds is 9. The van der Waals surface area contributed by atoms with Crippen molar-refractivity contribution in [3.05, 3.63) is 65.2 Å². The zero-order valence-corrected chi connectivity index (χ0v) is 15.8. The molecule has 1 amide bonds. The number of nitrogens with one attached hydrogen (secondary N) is 1. The normalized spacial score (nSPS) is 12.9. The van der Waals surface area contributed by atoms with Crippen LogP contribution in [0.3, 0.4) is 0 Å². The molecule has 0 radical (unpaired) electrons. The summed E-state index contributed by atoms with van der Waals surface area (Å²) in [4.78, 5) is 23.7. The number of carboxylic acids is 1. The number of ether oxygens (including phenoxy) is 1. The van der Waals surface area contributed by atoms with Crippen molar-refractivity contribution in [1.29, 1.82) is 0 Å². The van der Waals surface area contributed by atoms with Gasteiger partial charge in [-0.3, -0.25) is 9.59 Å². The maximum absolute atomic E-state index is 13.2. The van der Waals surface area contributed by atoms with E-state index in [0.29, 0.717) is 29.7 Å². The Labute approximate surface area is 162 Å². The molecule has 0 saturated heterocycles. The zero-order valence-electron chi connectivity index (χ0n) is 15.8. The lowest BCUT2D eigenvalue weighted by atomic mass is 9.88. The SMILES string of the molecule is COc1cccc(C(C)(CC(=O)O)NC(=O)CCCc2ccc(F)c(F)c2)c1. The number of hydrogen-bond donors (Lipinski definition) is 2. The monoisotopic (exact) mass is 391 g/mol. The van der Waals surface area contributed by atoms with Crippen LogP contribution in [-0.2, 0) is 21.5 Å². The number of hydrogen-bond acceptors (Lipinski definition) is 3. The predicted molar refractivity (Wildman–Crippen MR) is 100 cm³/mol. The molecule has 150 valence electrons. The van der Waals surface area contributed by atoms with Gasteiger partial charge in [0.25, 0.3) is 0 Å². The second kappa shape index (κ2) is 9.30. The van der Waals surface area contributed by atoms with Crippen molar-refractivity contribution in [2.24, 2.45) is 0 Å². The number of carbonyl (C=O) groups is 2. The minimum absolute atomic E-state index is 0.123. The maximum Gasteiger partial charge on any atom is 0.306 e. The summed E-state index contributed by atoms with van der Waals surface area (Å²) >= 11 is 0. The van der Waals surface area contributed by atoms with Crippen molar-refractivity contribution in [2.45, 2.75) is 38.1 Å². The predicted octanol–water partition coefficient (Wildman–Crippen LogP) is 3.80. The smallest absolute Gasteiger partial charge is 0.306 e. The van der Waals surface area contributed by atoms with Crippen molar-refractivity contribution < 1.29 is 28.2 Å². The van der Waals surface area contributed by atoms with E-state index in [1.807, 2.05) is 0 Å². The van der Waals surface area contributed by atoms with E-state index in [9.17, 15) is 23.5 Å². The third-order valence-corrected chi connectivity index (χ3v) is 4.48. The Morgan fingerprint density at radius 3 is 2.54 bits per heavy atom. The van der Waals surface area contributed by atoms with Crippen LogP contribution in [-0.4, -0.2) is 24.1 Å². The minimum atomic E-state index is -1.11. The number of aryl methyl sites for hydroxylation is 1. The van der Waals surface area contributed by atoms with Crippen LogP contribution < -0.4 is 10.1 Å². The molecule has 2 aromatic rings. The van der Waals surface area contributed by atoms with Gasteiger partial charge < -0.3 is 15.2 Å². The summed E-state index contributed by atoms with van der Waals surface area (Å²) in [6.07, 6.45) is 0.644. The lowest BCUT2D eigenvalue weighted by Crippen LogP contribution is -2.45. The minimum Gasteiger partial charge on any atom is -0.497 e. The first-order chi connectivity index (χ1) is 13.2. The molecule has 0 saturated carbocycles. The first-order valence-corrected chi connectivity index (χ1v) is 8.85. The molecule has 1 atom stereocenters.